The van der Waals surface area contributed by atoms with Crippen LogP contribution in [0.5, 0.6) is 0 Å². The van der Waals surface area contributed by atoms with Gasteiger partial charge in [0, 0.05) is 11.8 Å². The highest BCUT2D eigenvalue weighted by Crippen LogP contribution is 2.12. The average Bonchev–Trinajstić information content (AvgIpc) is 2.30. The molecule has 0 heterocycles. The number of alkyl halides is 1. The third-order valence-electron chi connectivity index (χ3n) is 3.01. The Bertz CT molecular complexity index is 174. The van der Waals surface area contributed by atoms with Gasteiger partial charge in [0.25, 0.3) is 0 Å². The highest BCUT2D eigenvalue weighted by molar-refractivity contribution is 9.09. The first-order chi connectivity index (χ1) is 8.27. The zero-order chi connectivity index (χ0) is 12.8. The van der Waals surface area contributed by atoms with Crippen molar-refractivity contribution in [3.8, 4) is 0 Å². The summed E-state index contributed by atoms with van der Waals surface area (Å²) in [4.78, 5) is 10.5. The summed E-state index contributed by atoms with van der Waals surface area (Å²) in [5.74, 6) is 0. The summed E-state index contributed by atoms with van der Waals surface area (Å²) in [6, 6.07) is 0. The third-order valence-corrected chi connectivity index (χ3v) is 3.76. The number of carbonyl (C=O) groups is 1. The van der Waals surface area contributed by atoms with Gasteiger partial charge >= 0.3 is 0 Å². The van der Waals surface area contributed by atoms with Gasteiger partial charge in [-0.05, 0) is 24.4 Å². The van der Waals surface area contributed by atoms with Gasteiger partial charge in [-0.2, -0.15) is 0 Å². The molecule has 0 spiro atoms. The van der Waals surface area contributed by atoms with Crippen molar-refractivity contribution in [1.82, 2.24) is 0 Å². The molecule has 0 fully saturated rings. The second-order valence-corrected chi connectivity index (χ2v) is 5.90. The van der Waals surface area contributed by atoms with E-state index in [2.05, 4.69) is 15.9 Å². The number of hydrogen-bond acceptors (Lipinski definition) is 1. The topological polar surface area (TPSA) is 17.1 Å². The van der Waals surface area contributed by atoms with E-state index in [1.54, 1.807) is 0 Å². The van der Waals surface area contributed by atoms with Crippen LogP contribution in [0.4, 0.5) is 0 Å². The fraction of sp³-hybridized carbons (Fsp3) is 0.929. The first-order valence-electron chi connectivity index (χ1n) is 7.01. The molecule has 0 aliphatic heterocycles. The number of unbranched alkanes of at least 4 members (excludes halogenated alkanes) is 10. The van der Waals surface area contributed by atoms with E-state index in [1.165, 1.54) is 57.8 Å². The minimum Gasteiger partial charge on any atom is -0.281 e. The molecule has 17 heavy (non-hydrogen) atoms. The van der Waals surface area contributed by atoms with Crippen LogP contribution in [-0.4, -0.2) is 10.6 Å². The monoisotopic (exact) mass is 324 g/mol. The summed E-state index contributed by atoms with van der Waals surface area (Å²) in [6.07, 6.45) is 14.9. The molecule has 0 N–H and O–H groups in total. The lowest BCUT2D eigenvalue weighted by molar-refractivity contribution is -0.111. The summed E-state index contributed by atoms with van der Waals surface area (Å²) >= 11 is 8.72. The van der Waals surface area contributed by atoms with Crippen LogP contribution >= 0.6 is 27.5 Å². The maximum Gasteiger partial charge on any atom is 0.221 e. The summed E-state index contributed by atoms with van der Waals surface area (Å²) in [7, 11) is 0. The molecule has 0 saturated heterocycles. The van der Waals surface area contributed by atoms with E-state index in [0.29, 0.717) is 6.42 Å². The number of halogens is 2. The second kappa shape index (κ2) is 14.5. The molecular weight excluding hydrogens is 300 g/mol. The first-order valence-corrected chi connectivity index (χ1v) is 8.51. The summed E-state index contributed by atoms with van der Waals surface area (Å²) < 4.78 is 0. The Labute approximate surface area is 120 Å². The largest absolute Gasteiger partial charge is 0.281 e. The minimum atomic E-state index is -0.187. The normalized spacial score (nSPS) is 10.7. The highest BCUT2D eigenvalue weighted by atomic mass is 79.9. The van der Waals surface area contributed by atoms with E-state index in [9.17, 15) is 4.79 Å². The Hall–Kier alpha value is 0.440. The molecule has 0 amide bonds. The summed E-state index contributed by atoms with van der Waals surface area (Å²) in [6.45, 7) is 0. The molecule has 0 aliphatic carbocycles. The number of hydrogen-bond donors (Lipinski definition) is 0. The van der Waals surface area contributed by atoms with E-state index in [4.69, 9.17) is 11.6 Å². The maximum absolute atomic E-state index is 10.5. The van der Waals surface area contributed by atoms with E-state index >= 15 is 0 Å². The van der Waals surface area contributed by atoms with Gasteiger partial charge in [0.1, 0.15) is 0 Å². The van der Waals surface area contributed by atoms with Crippen molar-refractivity contribution >= 4 is 32.8 Å². The summed E-state index contributed by atoms with van der Waals surface area (Å²) in [5, 5.41) is 0.964. The smallest absolute Gasteiger partial charge is 0.221 e. The van der Waals surface area contributed by atoms with Crippen LogP contribution in [0.2, 0.25) is 0 Å². The van der Waals surface area contributed by atoms with Crippen molar-refractivity contribution in [3.63, 3.8) is 0 Å². The molecule has 0 aromatic heterocycles. The standard InChI is InChI=1S/C14H26BrClO/c15-13-11-9-7-5-3-1-2-4-6-8-10-12-14(16)17/h1-13H2. The molecule has 102 valence electrons. The van der Waals surface area contributed by atoms with Gasteiger partial charge in [0.2, 0.25) is 5.24 Å². The molecular formula is C14H26BrClO. The van der Waals surface area contributed by atoms with Crippen LogP contribution in [0.15, 0.2) is 0 Å². The molecule has 0 saturated carbocycles. The van der Waals surface area contributed by atoms with Gasteiger partial charge in [-0.15, -0.1) is 0 Å². The predicted molar refractivity (Wildman–Crippen MR) is 80.1 cm³/mol. The molecule has 0 aromatic rings. The van der Waals surface area contributed by atoms with Crippen molar-refractivity contribution in [3.05, 3.63) is 0 Å². The number of rotatable bonds is 13. The Kier molecular flexibility index (Phi) is 14.9. The molecule has 0 radical (unpaired) electrons. The van der Waals surface area contributed by atoms with Crippen molar-refractivity contribution < 1.29 is 4.79 Å². The van der Waals surface area contributed by atoms with Gasteiger partial charge < -0.3 is 0 Å². The highest BCUT2D eigenvalue weighted by Gasteiger charge is 1.96. The molecule has 0 atom stereocenters. The van der Waals surface area contributed by atoms with Gasteiger partial charge in [-0.3, -0.25) is 4.79 Å². The van der Waals surface area contributed by atoms with Gasteiger partial charge in [0.15, 0.2) is 0 Å². The molecule has 0 aromatic carbocycles. The first kappa shape index (κ1) is 17.4. The summed E-state index contributed by atoms with van der Waals surface area (Å²) in [5.41, 5.74) is 0. The van der Waals surface area contributed by atoms with Gasteiger partial charge in [0.05, 0.1) is 0 Å². The molecule has 0 bridgehead atoms. The molecule has 1 nitrogen and oxygen atoms in total. The fourth-order valence-electron chi connectivity index (χ4n) is 1.95. The predicted octanol–water partition coefficient (Wildman–Crippen LogP) is 5.83. The lowest BCUT2D eigenvalue weighted by Crippen LogP contribution is -1.86. The van der Waals surface area contributed by atoms with E-state index in [-0.39, 0.29) is 5.24 Å². The van der Waals surface area contributed by atoms with Crippen LogP contribution in [0.3, 0.4) is 0 Å². The van der Waals surface area contributed by atoms with Crippen molar-refractivity contribution in [2.24, 2.45) is 0 Å². The zero-order valence-electron chi connectivity index (χ0n) is 10.9. The minimum absolute atomic E-state index is 0.187. The van der Waals surface area contributed by atoms with E-state index < -0.39 is 0 Å². The second-order valence-electron chi connectivity index (χ2n) is 4.68. The van der Waals surface area contributed by atoms with Crippen LogP contribution in [-0.2, 0) is 4.79 Å². The molecule has 3 heteroatoms. The van der Waals surface area contributed by atoms with Crippen LogP contribution < -0.4 is 0 Å². The fourth-order valence-corrected chi connectivity index (χ4v) is 2.48. The lowest BCUT2D eigenvalue weighted by Gasteiger charge is -2.01. The Balaban J connectivity index is 2.91. The van der Waals surface area contributed by atoms with Crippen molar-refractivity contribution in [1.29, 1.82) is 0 Å². The van der Waals surface area contributed by atoms with Crippen LogP contribution in [0.1, 0.15) is 77.0 Å². The SMILES string of the molecule is O=C(Cl)CCCCCCCCCCCCCBr. The maximum atomic E-state index is 10.5. The van der Waals surface area contributed by atoms with Gasteiger partial charge in [-0.1, -0.05) is 73.7 Å². The Morgan fingerprint density at radius 1 is 0.706 bits per heavy atom. The van der Waals surface area contributed by atoms with Crippen molar-refractivity contribution in [2.75, 3.05) is 5.33 Å². The van der Waals surface area contributed by atoms with Crippen LogP contribution in [0.25, 0.3) is 0 Å². The Morgan fingerprint density at radius 3 is 1.41 bits per heavy atom. The third kappa shape index (κ3) is 16.4. The van der Waals surface area contributed by atoms with E-state index in [1.807, 2.05) is 0 Å². The van der Waals surface area contributed by atoms with Crippen LogP contribution in [0, 0.1) is 0 Å². The number of carbonyl (C=O) groups excluding carboxylic acids is 1. The van der Waals surface area contributed by atoms with E-state index in [0.717, 1.165) is 18.2 Å². The van der Waals surface area contributed by atoms with Gasteiger partial charge in [-0.25, -0.2) is 0 Å². The molecule has 0 rings (SSSR count). The average molecular weight is 326 g/mol. The molecule has 0 aliphatic rings. The lowest BCUT2D eigenvalue weighted by atomic mass is 10.1. The Morgan fingerprint density at radius 2 is 1.06 bits per heavy atom. The zero-order valence-corrected chi connectivity index (χ0v) is 13.2. The quantitative estimate of drug-likeness (QED) is 0.236. The van der Waals surface area contributed by atoms with Crippen molar-refractivity contribution in [2.45, 2.75) is 77.0 Å². The molecule has 0 unspecified atom stereocenters.